The molecule has 1 aliphatic rings. The van der Waals surface area contributed by atoms with Crippen molar-refractivity contribution in [2.45, 2.75) is 6.42 Å². The fourth-order valence-corrected chi connectivity index (χ4v) is 0.955. The van der Waals surface area contributed by atoms with Crippen molar-refractivity contribution in [3.8, 4) is 0 Å². The third kappa shape index (κ3) is 1.09. The van der Waals surface area contributed by atoms with Gasteiger partial charge in [0.15, 0.2) is 0 Å². The summed E-state index contributed by atoms with van der Waals surface area (Å²) in [4.78, 5) is 0. The molecule has 0 spiro atoms. The first kappa shape index (κ1) is 4.96. The van der Waals surface area contributed by atoms with Crippen LogP contribution in [-0.4, -0.2) is 0 Å². The first-order valence-electron chi connectivity index (χ1n) is 2.09. The predicted molar refractivity (Wildman–Crippen MR) is 22.5 cm³/mol. The summed E-state index contributed by atoms with van der Waals surface area (Å²) in [6.45, 7) is 0. The van der Waals surface area contributed by atoms with Gasteiger partial charge in [0.05, 0.1) is 0 Å². The molecule has 0 saturated heterocycles. The molecule has 1 aliphatic carbocycles. The summed E-state index contributed by atoms with van der Waals surface area (Å²) in [7, 11) is 0. The van der Waals surface area contributed by atoms with Crippen LogP contribution in [0.1, 0.15) is 6.42 Å². The Balaban J connectivity index is 2.61. The van der Waals surface area contributed by atoms with Gasteiger partial charge in [-0.25, -0.2) is 0 Å². The van der Waals surface area contributed by atoms with E-state index in [1.807, 2.05) is 18.2 Å². The van der Waals surface area contributed by atoms with E-state index in [1.165, 1.54) is 0 Å². The Morgan fingerprint density at radius 3 is 2.86 bits per heavy atom. The van der Waals surface area contributed by atoms with Gasteiger partial charge < -0.3 is 0 Å². The number of hydrogen-bond acceptors (Lipinski definition) is 1. The van der Waals surface area contributed by atoms with E-state index in [9.17, 15) is 3.80 Å². The van der Waals surface area contributed by atoms with Crippen molar-refractivity contribution >= 4 is 0 Å². The van der Waals surface area contributed by atoms with Gasteiger partial charge in [0.1, 0.15) is 0 Å². The predicted octanol–water partition coefficient (Wildman–Crippen LogP) is 1.26. The Hall–Kier alpha value is -0.188. The fraction of sp³-hybridized carbons (Fsp3) is 0.200. The average Bonchev–Trinajstić information content (AvgIpc) is 2.14. The first-order valence-corrected chi connectivity index (χ1v) is 3.25. The quantitative estimate of drug-likeness (QED) is 0.526. The second kappa shape index (κ2) is 2.21. The minimum absolute atomic E-state index is 0.497. The van der Waals surface area contributed by atoms with E-state index in [0.717, 1.165) is 10.9 Å². The zero-order valence-corrected chi connectivity index (χ0v) is 5.03. The zero-order chi connectivity index (χ0) is 5.11. The molecule has 1 nitrogen and oxygen atoms in total. The molecule has 0 saturated carbocycles. The van der Waals surface area contributed by atoms with Crippen LogP contribution >= 0.6 is 0 Å². The van der Waals surface area contributed by atoms with E-state index in [0.29, 0.717) is 0 Å². The molecule has 0 radical (unpaired) electrons. The van der Waals surface area contributed by atoms with Crippen LogP contribution in [0.2, 0.25) is 0 Å². The standard InChI is InChI=1S/C5H5.Cr.O/c1-2-4-5-3-1;;/h1-3H,4H2;;. The topological polar surface area (TPSA) is 17.1 Å². The van der Waals surface area contributed by atoms with Crippen LogP contribution in [0.5, 0.6) is 0 Å². The molecule has 0 heterocycles. The van der Waals surface area contributed by atoms with Gasteiger partial charge in [-0.2, -0.15) is 0 Å². The molecule has 0 atom stereocenters. The monoisotopic (exact) mass is 133 g/mol. The second-order valence-corrected chi connectivity index (χ2v) is 2.43. The van der Waals surface area contributed by atoms with Crippen LogP contribution in [0.3, 0.4) is 0 Å². The summed E-state index contributed by atoms with van der Waals surface area (Å²) in [5, 5.41) is 0. The van der Waals surface area contributed by atoms with E-state index in [4.69, 9.17) is 0 Å². The maximum atomic E-state index is 10.1. The van der Waals surface area contributed by atoms with Crippen LogP contribution in [0.15, 0.2) is 22.7 Å². The van der Waals surface area contributed by atoms with Gasteiger partial charge >= 0.3 is 48.0 Å². The van der Waals surface area contributed by atoms with Gasteiger partial charge in [-0.3, -0.25) is 0 Å². The summed E-state index contributed by atoms with van der Waals surface area (Å²) >= 11 is -0.497. The van der Waals surface area contributed by atoms with Crippen LogP contribution in [0.25, 0.3) is 0 Å². The number of rotatable bonds is 1. The average molecular weight is 133 g/mol. The molecule has 7 heavy (non-hydrogen) atoms. The van der Waals surface area contributed by atoms with Crippen molar-refractivity contribution < 1.29 is 19.0 Å². The molecule has 0 N–H and O–H groups in total. The van der Waals surface area contributed by atoms with E-state index in [2.05, 4.69) is 0 Å². The second-order valence-electron chi connectivity index (χ2n) is 1.35. The SMILES string of the molecule is [O]=[Cr][C]1=CC=CC1. The van der Waals surface area contributed by atoms with Crippen molar-refractivity contribution in [3.05, 3.63) is 22.7 Å². The molecular weight excluding hydrogens is 128 g/mol. The molecule has 0 aliphatic heterocycles. The van der Waals surface area contributed by atoms with E-state index in [1.54, 1.807) is 0 Å². The van der Waals surface area contributed by atoms with E-state index < -0.39 is 15.2 Å². The van der Waals surface area contributed by atoms with Gasteiger partial charge in [-0.15, -0.1) is 0 Å². The Kier molecular flexibility index (Phi) is 1.56. The summed E-state index contributed by atoms with van der Waals surface area (Å²) in [5.41, 5.74) is 0. The summed E-state index contributed by atoms with van der Waals surface area (Å²) in [6.07, 6.45) is 6.76. The summed E-state index contributed by atoms with van der Waals surface area (Å²) in [6, 6.07) is 0. The van der Waals surface area contributed by atoms with Crippen molar-refractivity contribution in [2.75, 3.05) is 0 Å². The molecule has 0 aromatic carbocycles. The third-order valence-corrected chi connectivity index (χ3v) is 1.65. The van der Waals surface area contributed by atoms with E-state index in [-0.39, 0.29) is 0 Å². The molecule has 0 amide bonds. The number of allylic oxidation sites excluding steroid dienone is 4. The maximum absolute atomic E-state index is 10.1. The van der Waals surface area contributed by atoms with Gasteiger partial charge in [0.2, 0.25) is 0 Å². The summed E-state index contributed by atoms with van der Waals surface area (Å²) < 4.78 is 11.1. The van der Waals surface area contributed by atoms with Crippen LogP contribution < -0.4 is 0 Å². The molecule has 2 heteroatoms. The first-order chi connectivity index (χ1) is 3.43. The molecule has 37 valence electrons. The Bertz CT molecular complexity index is 135. The molecule has 0 fully saturated rings. The Morgan fingerprint density at radius 1 is 1.71 bits per heavy atom. The van der Waals surface area contributed by atoms with Gasteiger partial charge in [-0.05, 0) is 0 Å². The summed E-state index contributed by atoms with van der Waals surface area (Å²) in [5.74, 6) is 0. The number of hydrogen-bond donors (Lipinski definition) is 0. The zero-order valence-electron chi connectivity index (χ0n) is 3.76. The molecule has 1 rings (SSSR count). The Morgan fingerprint density at radius 2 is 2.57 bits per heavy atom. The Labute approximate surface area is 48.6 Å². The van der Waals surface area contributed by atoms with Crippen molar-refractivity contribution in [2.24, 2.45) is 0 Å². The molecule has 0 bridgehead atoms. The van der Waals surface area contributed by atoms with Crippen LogP contribution in [0, 0.1) is 0 Å². The van der Waals surface area contributed by atoms with Crippen molar-refractivity contribution in [1.29, 1.82) is 0 Å². The molecular formula is C5H5CrO. The van der Waals surface area contributed by atoms with E-state index >= 15 is 0 Å². The van der Waals surface area contributed by atoms with Crippen molar-refractivity contribution in [3.63, 3.8) is 0 Å². The molecule has 0 aromatic heterocycles. The van der Waals surface area contributed by atoms with Gasteiger partial charge in [0.25, 0.3) is 0 Å². The van der Waals surface area contributed by atoms with Crippen LogP contribution in [-0.2, 0) is 19.0 Å². The molecule has 0 unspecified atom stereocenters. The van der Waals surface area contributed by atoms with Gasteiger partial charge in [-0.1, -0.05) is 0 Å². The fourth-order valence-electron chi connectivity index (χ4n) is 0.489. The normalized spacial score (nSPS) is 16.9. The third-order valence-electron chi connectivity index (χ3n) is 0.844. The minimum atomic E-state index is -0.497. The van der Waals surface area contributed by atoms with Gasteiger partial charge in [0, 0.05) is 0 Å². The van der Waals surface area contributed by atoms with Crippen molar-refractivity contribution in [1.82, 2.24) is 0 Å². The molecule has 0 aromatic rings. The van der Waals surface area contributed by atoms with Crippen LogP contribution in [0.4, 0.5) is 0 Å².